The first-order valence-electron chi connectivity index (χ1n) is 5.77. The number of aromatic carboxylic acids is 1. The molecule has 0 atom stereocenters. The molecule has 0 amide bonds. The average molecular weight is 370 g/mol. The van der Waals surface area contributed by atoms with Crippen molar-refractivity contribution in [3.05, 3.63) is 52.1 Å². The molecular weight excluding hydrogens is 360 g/mol. The molecule has 1 N–H and O–H groups in total. The smallest absolute Gasteiger partial charge is 0.263 e. The Hall–Kier alpha value is -1.93. The van der Waals surface area contributed by atoms with Gasteiger partial charge in [-0.1, -0.05) is 22.0 Å². The zero-order valence-corrected chi connectivity index (χ0v) is 13.2. The number of pyridine rings is 1. The van der Waals surface area contributed by atoms with Crippen LogP contribution in [0.15, 0.2) is 45.8 Å². The number of carboxylic acids is 1. The molecule has 0 bridgehead atoms. The minimum absolute atomic E-state index is 0.160. The molecule has 6 nitrogen and oxygen atoms in total. The third kappa shape index (κ3) is 3.59. The number of aromatic nitrogens is 1. The second-order valence-electron chi connectivity index (χ2n) is 4.20. The molecule has 8 heteroatoms. The Morgan fingerprint density at radius 1 is 1.29 bits per heavy atom. The van der Waals surface area contributed by atoms with Gasteiger partial charge in [0.15, 0.2) is 0 Å². The zero-order valence-electron chi connectivity index (χ0n) is 10.8. The Morgan fingerprint density at radius 3 is 2.62 bits per heavy atom. The number of sulfonamides is 1. The number of anilines is 1. The summed E-state index contributed by atoms with van der Waals surface area (Å²) in [5.41, 5.74) is 0.413. The normalized spacial score (nSPS) is 11.1. The van der Waals surface area contributed by atoms with Crippen LogP contribution in [-0.4, -0.2) is 19.4 Å². The maximum atomic E-state index is 12.2. The van der Waals surface area contributed by atoms with Gasteiger partial charge >= 0.3 is 0 Å². The lowest BCUT2D eigenvalue weighted by Crippen LogP contribution is -2.23. The van der Waals surface area contributed by atoms with Crippen molar-refractivity contribution in [3.8, 4) is 0 Å². The van der Waals surface area contributed by atoms with Crippen molar-refractivity contribution in [2.24, 2.45) is 0 Å². The van der Waals surface area contributed by atoms with Crippen molar-refractivity contribution in [2.45, 2.75) is 11.8 Å². The van der Waals surface area contributed by atoms with Crippen molar-refractivity contribution in [1.82, 2.24) is 4.98 Å². The molecule has 0 radical (unpaired) electrons. The third-order valence-electron chi connectivity index (χ3n) is 2.60. The van der Waals surface area contributed by atoms with Gasteiger partial charge in [-0.05, 0) is 37.3 Å². The Kier molecular flexibility index (Phi) is 4.29. The van der Waals surface area contributed by atoms with Crippen LogP contribution in [0.4, 0.5) is 5.82 Å². The van der Waals surface area contributed by atoms with E-state index in [-0.39, 0.29) is 20.7 Å². The average Bonchev–Trinajstić information content (AvgIpc) is 2.38. The highest BCUT2D eigenvalue weighted by Gasteiger charge is 2.17. The molecule has 0 aliphatic rings. The molecule has 0 aliphatic heterocycles. The molecule has 0 spiro atoms. The highest BCUT2D eigenvalue weighted by molar-refractivity contribution is 9.10. The molecule has 1 aromatic carbocycles. The molecule has 0 fully saturated rings. The summed E-state index contributed by atoms with van der Waals surface area (Å²) in [7, 11) is -3.93. The van der Waals surface area contributed by atoms with Crippen molar-refractivity contribution < 1.29 is 18.3 Å². The zero-order chi connectivity index (χ0) is 15.6. The number of hydrogen-bond donors (Lipinski definition) is 1. The second kappa shape index (κ2) is 5.82. The number of rotatable bonds is 4. The van der Waals surface area contributed by atoms with Crippen LogP contribution >= 0.6 is 15.9 Å². The lowest BCUT2D eigenvalue weighted by Gasteiger charge is -2.11. The molecular formula is C13H10BrN2O4S-. The van der Waals surface area contributed by atoms with Crippen LogP contribution < -0.4 is 9.83 Å². The van der Waals surface area contributed by atoms with Gasteiger partial charge in [-0.3, -0.25) is 4.72 Å². The summed E-state index contributed by atoms with van der Waals surface area (Å²) in [5.74, 6) is -1.31. The van der Waals surface area contributed by atoms with Crippen LogP contribution in [0.25, 0.3) is 0 Å². The van der Waals surface area contributed by atoms with E-state index in [1.54, 1.807) is 19.1 Å². The van der Waals surface area contributed by atoms with E-state index in [0.717, 1.165) is 6.07 Å². The maximum absolute atomic E-state index is 12.2. The Bertz CT molecular complexity index is 806. The highest BCUT2D eigenvalue weighted by atomic mass is 79.9. The number of hydrogen-bond acceptors (Lipinski definition) is 5. The van der Waals surface area contributed by atoms with Crippen molar-refractivity contribution >= 4 is 37.7 Å². The lowest BCUT2D eigenvalue weighted by atomic mass is 10.2. The van der Waals surface area contributed by atoms with Crippen LogP contribution in [0.2, 0.25) is 0 Å². The van der Waals surface area contributed by atoms with Gasteiger partial charge in [0.05, 0.1) is 10.9 Å². The van der Waals surface area contributed by atoms with Crippen molar-refractivity contribution in [3.63, 3.8) is 0 Å². The van der Waals surface area contributed by atoms with E-state index in [0.29, 0.717) is 5.69 Å². The van der Waals surface area contributed by atoms with Gasteiger partial charge in [-0.15, -0.1) is 0 Å². The van der Waals surface area contributed by atoms with E-state index in [2.05, 4.69) is 25.6 Å². The van der Waals surface area contributed by atoms with E-state index >= 15 is 0 Å². The number of carbonyl (C=O) groups is 1. The summed E-state index contributed by atoms with van der Waals surface area (Å²) in [5, 5.41) is 10.9. The molecule has 0 unspecified atom stereocenters. The van der Waals surface area contributed by atoms with Gasteiger partial charge in [0.1, 0.15) is 5.82 Å². The SMILES string of the molecule is Cc1cccc(NS(=O)(=O)c2ccc(Br)c(C(=O)[O-])c2)n1. The van der Waals surface area contributed by atoms with Crippen LogP contribution in [-0.2, 0) is 10.0 Å². The van der Waals surface area contributed by atoms with E-state index < -0.39 is 16.0 Å². The largest absolute Gasteiger partial charge is 0.545 e. The first kappa shape index (κ1) is 15.5. The van der Waals surface area contributed by atoms with Gasteiger partial charge < -0.3 is 9.90 Å². The predicted octanol–water partition coefficient (Wildman–Crippen LogP) is 1.32. The van der Waals surface area contributed by atoms with Gasteiger partial charge in [0.2, 0.25) is 0 Å². The highest BCUT2D eigenvalue weighted by Crippen LogP contribution is 2.22. The number of aryl methyl sites for hydroxylation is 1. The maximum Gasteiger partial charge on any atom is 0.263 e. The second-order valence-corrected chi connectivity index (χ2v) is 6.74. The molecule has 110 valence electrons. The number of benzene rings is 1. The first-order chi connectivity index (χ1) is 9.79. The summed E-state index contributed by atoms with van der Waals surface area (Å²) in [6, 6.07) is 8.54. The van der Waals surface area contributed by atoms with Gasteiger partial charge in [0.25, 0.3) is 10.0 Å². The molecule has 0 saturated carbocycles. The fourth-order valence-electron chi connectivity index (χ4n) is 1.62. The van der Waals surface area contributed by atoms with Gasteiger partial charge in [0, 0.05) is 15.7 Å². The van der Waals surface area contributed by atoms with Crippen LogP contribution in [0.5, 0.6) is 0 Å². The third-order valence-corrected chi connectivity index (χ3v) is 4.64. The number of nitrogens with zero attached hydrogens (tertiary/aromatic N) is 1. The Balaban J connectivity index is 2.40. The standard InChI is InChI=1S/C13H11BrN2O4S/c1-8-3-2-4-12(15-8)16-21(19,20)9-5-6-11(14)10(7-9)13(17)18/h2-7H,1H3,(H,15,16)(H,17,18)/p-1. The summed E-state index contributed by atoms with van der Waals surface area (Å²) in [6.07, 6.45) is 0. The van der Waals surface area contributed by atoms with Crippen LogP contribution in [0, 0.1) is 6.92 Å². The quantitative estimate of drug-likeness (QED) is 0.875. The predicted molar refractivity (Wildman–Crippen MR) is 78.3 cm³/mol. The minimum atomic E-state index is -3.93. The summed E-state index contributed by atoms with van der Waals surface area (Å²) in [4.78, 5) is 14.8. The minimum Gasteiger partial charge on any atom is -0.545 e. The molecule has 1 aromatic heterocycles. The molecule has 2 rings (SSSR count). The summed E-state index contributed by atoms with van der Waals surface area (Å²) in [6.45, 7) is 1.73. The number of halogens is 1. The van der Waals surface area contributed by atoms with Gasteiger partial charge in [-0.25, -0.2) is 13.4 Å². The first-order valence-corrected chi connectivity index (χ1v) is 8.04. The molecule has 1 heterocycles. The summed E-state index contributed by atoms with van der Waals surface area (Å²) >= 11 is 3.03. The Morgan fingerprint density at radius 2 is 2.00 bits per heavy atom. The number of carbonyl (C=O) groups excluding carboxylic acids is 1. The number of carboxylic acid groups (broad SMARTS) is 1. The fourth-order valence-corrected chi connectivity index (χ4v) is 3.06. The molecule has 0 aliphatic carbocycles. The van der Waals surface area contributed by atoms with E-state index in [9.17, 15) is 18.3 Å². The fraction of sp³-hybridized carbons (Fsp3) is 0.0769. The van der Waals surface area contributed by atoms with E-state index in [1.807, 2.05) is 0 Å². The Labute approximate surface area is 130 Å². The molecule has 21 heavy (non-hydrogen) atoms. The lowest BCUT2D eigenvalue weighted by molar-refractivity contribution is -0.255. The topological polar surface area (TPSA) is 99.2 Å². The monoisotopic (exact) mass is 369 g/mol. The van der Waals surface area contributed by atoms with Crippen LogP contribution in [0.3, 0.4) is 0 Å². The molecule has 0 saturated heterocycles. The number of nitrogens with one attached hydrogen (secondary N) is 1. The van der Waals surface area contributed by atoms with Crippen molar-refractivity contribution in [2.75, 3.05) is 4.72 Å². The van der Waals surface area contributed by atoms with Crippen molar-refractivity contribution in [1.29, 1.82) is 0 Å². The summed E-state index contributed by atoms with van der Waals surface area (Å²) < 4.78 is 27.0. The van der Waals surface area contributed by atoms with Crippen LogP contribution in [0.1, 0.15) is 16.1 Å². The van der Waals surface area contributed by atoms with Gasteiger partial charge in [-0.2, -0.15) is 0 Å². The molecule has 2 aromatic rings. The van der Waals surface area contributed by atoms with E-state index in [4.69, 9.17) is 0 Å². The van der Waals surface area contributed by atoms with E-state index in [1.165, 1.54) is 18.2 Å².